The first-order valence-corrected chi connectivity index (χ1v) is 7.44. The monoisotopic (exact) mass is 378 g/mol. The third-order valence-corrected chi connectivity index (χ3v) is 4.34. The Balaban J connectivity index is 2.80. The van der Waals surface area contributed by atoms with Crippen molar-refractivity contribution in [2.75, 3.05) is 7.11 Å². The fourth-order valence-electron chi connectivity index (χ4n) is 1.70. The van der Waals surface area contributed by atoms with Crippen molar-refractivity contribution < 1.29 is 4.74 Å². The van der Waals surface area contributed by atoms with E-state index in [9.17, 15) is 0 Å². The van der Waals surface area contributed by atoms with Gasteiger partial charge in [-0.15, -0.1) is 0 Å². The summed E-state index contributed by atoms with van der Waals surface area (Å²) in [6, 6.07) is 6.20. The highest BCUT2D eigenvalue weighted by molar-refractivity contribution is 9.11. The highest BCUT2D eigenvalue weighted by atomic mass is 79.9. The normalized spacial score (nSPS) is 13.7. The lowest BCUT2D eigenvalue weighted by Gasteiger charge is -2.26. The highest BCUT2D eigenvalue weighted by Crippen LogP contribution is 2.31. The van der Waals surface area contributed by atoms with Gasteiger partial charge in [0.1, 0.15) is 0 Å². The van der Waals surface area contributed by atoms with Gasteiger partial charge < -0.3 is 4.74 Å². The van der Waals surface area contributed by atoms with E-state index in [-0.39, 0.29) is 11.6 Å². The maximum absolute atomic E-state index is 5.67. The smallest absolute Gasteiger partial charge is 0.0623 e. The van der Waals surface area contributed by atoms with E-state index in [4.69, 9.17) is 10.6 Å². The molecule has 0 aromatic heterocycles. The molecule has 18 heavy (non-hydrogen) atoms. The summed E-state index contributed by atoms with van der Waals surface area (Å²) >= 11 is 7.05. The minimum absolute atomic E-state index is 0.103. The zero-order chi connectivity index (χ0) is 13.8. The average molecular weight is 380 g/mol. The summed E-state index contributed by atoms with van der Waals surface area (Å²) in [4.78, 5) is 0. The lowest BCUT2D eigenvalue weighted by Crippen LogP contribution is -2.31. The Bertz CT molecular complexity index is 397. The SMILES string of the molecule is COC(C)(C)CCC(NN)c1cc(Br)ccc1Br. The molecule has 1 aromatic carbocycles. The average Bonchev–Trinajstić information content (AvgIpc) is 2.34. The van der Waals surface area contributed by atoms with Gasteiger partial charge in [-0.05, 0) is 50.5 Å². The van der Waals surface area contributed by atoms with Gasteiger partial charge in [-0.3, -0.25) is 11.3 Å². The van der Waals surface area contributed by atoms with Crippen LogP contribution in [-0.2, 0) is 4.74 Å². The third kappa shape index (κ3) is 4.63. The summed E-state index contributed by atoms with van der Waals surface area (Å²) < 4.78 is 7.54. The van der Waals surface area contributed by atoms with E-state index >= 15 is 0 Å². The molecule has 0 radical (unpaired) electrons. The maximum atomic E-state index is 5.67. The van der Waals surface area contributed by atoms with Crippen molar-refractivity contribution in [3.63, 3.8) is 0 Å². The predicted octanol–water partition coefficient (Wildman–Crippen LogP) is 3.92. The van der Waals surface area contributed by atoms with Crippen LogP contribution in [0.15, 0.2) is 27.1 Å². The van der Waals surface area contributed by atoms with Crippen LogP contribution in [0.5, 0.6) is 0 Å². The fraction of sp³-hybridized carbons (Fsp3) is 0.538. The van der Waals surface area contributed by atoms with Gasteiger partial charge in [-0.25, -0.2) is 0 Å². The Morgan fingerprint density at radius 3 is 2.61 bits per heavy atom. The van der Waals surface area contributed by atoms with Crippen LogP contribution in [0, 0.1) is 0 Å². The summed E-state index contributed by atoms with van der Waals surface area (Å²) in [7, 11) is 1.74. The molecule has 0 saturated carbocycles. The van der Waals surface area contributed by atoms with Crippen molar-refractivity contribution in [1.29, 1.82) is 0 Å². The molecule has 102 valence electrons. The molecule has 0 bridgehead atoms. The van der Waals surface area contributed by atoms with E-state index in [1.807, 2.05) is 12.1 Å². The van der Waals surface area contributed by atoms with Crippen molar-refractivity contribution in [3.8, 4) is 0 Å². The summed E-state index contributed by atoms with van der Waals surface area (Å²) in [5.74, 6) is 5.67. The van der Waals surface area contributed by atoms with Gasteiger partial charge in [-0.2, -0.15) is 0 Å². The van der Waals surface area contributed by atoms with Crippen LogP contribution in [-0.4, -0.2) is 12.7 Å². The second-order valence-corrected chi connectivity index (χ2v) is 6.66. The second-order valence-electron chi connectivity index (χ2n) is 4.89. The number of ether oxygens (including phenoxy) is 1. The van der Waals surface area contributed by atoms with E-state index in [0.717, 1.165) is 27.4 Å². The number of rotatable bonds is 6. The number of halogens is 2. The van der Waals surface area contributed by atoms with Crippen LogP contribution in [0.3, 0.4) is 0 Å². The molecule has 5 heteroatoms. The quantitative estimate of drug-likeness (QED) is 0.581. The zero-order valence-electron chi connectivity index (χ0n) is 11.0. The standard InChI is InChI=1S/C13H20Br2N2O/c1-13(2,18-3)7-6-12(17-16)10-8-9(14)4-5-11(10)15/h4-5,8,12,17H,6-7,16H2,1-3H3. The van der Waals surface area contributed by atoms with Gasteiger partial charge in [0, 0.05) is 22.1 Å². The molecular formula is C13H20Br2N2O. The van der Waals surface area contributed by atoms with Gasteiger partial charge in [0.05, 0.1) is 5.60 Å². The Labute approximate surface area is 126 Å². The van der Waals surface area contributed by atoms with Crippen molar-refractivity contribution >= 4 is 31.9 Å². The van der Waals surface area contributed by atoms with Crippen molar-refractivity contribution in [2.24, 2.45) is 5.84 Å². The molecule has 1 rings (SSSR count). The summed E-state index contributed by atoms with van der Waals surface area (Å²) in [5, 5.41) is 0. The van der Waals surface area contributed by atoms with Crippen LogP contribution in [0.1, 0.15) is 38.3 Å². The number of nitrogens with two attached hydrogens (primary N) is 1. The fourth-order valence-corrected chi connectivity index (χ4v) is 2.61. The summed E-state index contributed by atoms with van der Waals surface area (Å²) in [5.41, 5.74) is 3.90. The lowest BCUT2D eigenvalue weighted by molar-refractivity contribution is 0.0116. The molecule has 1 atom stereocenters. The third-order valence-electron chi connectivity index (χ3n) is 3.12. The lowest BCUT2D eigenvalue weighted by atomic mass is 9.95. The highest BCUT2D eigenvalue weighted by Gasteiger charge is 2.21. The minimum Gasteiger partial charge on any atom is -0.379 e. The zero-order valence-corrected chi connectivity index (χ0v) is 14.1. The summed E-state index contributed by atoms with van der Waals surface area (Å²) in [6.45, 7) is 4.16. The first kappa shape index (κ1) is 16.1. The molecule has 0 saturated heterocycles. The molecule has 0 aliphatic rings. The molecule has 0 spiro atoms. The van der Waals surface area contributed by atoms with Crippen LogP contribution in [0.4, 0.5) is 0 Å². The predicted molar refractivity (Wildman–Crippen MR) is 82.2 cm³/mol. The van der Waals surface area contributed by atoms with E-state index in [1.54, 1.807) is 7.11 Å². The molecular weight excluding hydrogens is 360 g/mol. The number of benzene rings is 1. The Morgan fingerprint density at radius 2 is 2.06 bits per heavy atom. The van der Waals surface area contributed by atoms with Gasteiger partial charge in [0.25, 0.3) is 0 Å². The topological polar surface area (TPSA) is 47.3 Å². The number of hydrogen-bond donors (Lipinski definition) is 2. The maximum Gasteiger partial charge on any atom is 0.0623 e. The van der Waals surface area contributed by atoms with Crippen LogP contribution in [0.2, 0.25) is 0 Å². The van der Waals surface area contributed by atoms with E-state index in [2.05, 4.69) is 57.2 Å². The van der Waals surface area contributed by atoms with Crippen LogP contribution in [0.25, 0.3) is 0 Å². The molecule has 3 nitrogen and oxygen atoms in total. The Hall–Kier alpha value is 0.0600. The van der Waals surface area contributed by atoms with Gasteiger partial charge in [0.2, 0.25) is 0 Å². The molecule has 0 heterocycles. The Kier molecular flexibility index (Phi) is 6.27. The summed E-state index contributed by atoms with van der Waals surface area (Å²) in [6.07, 6.45) is 1.84. The minimum atomic E-state index is -0.131. The van der Waals surface area contributed by atoms with E-state index in [1.165, 1.54) is 0 Å². The first-order valence-electron chi connectivity index (χ1n) is 5.86. The van der Waals surface area contributed by atoms with E-state index < -0.39 is 0 Å². The van der Waals surface area contributed by atoms with Gasteiger partial charge >= 0.3 is 0 Å². The molecule has 1 aromatic rings. The number of methoxy groups -OCH3 is 1. The van der Waals surface area contributed by atoms with Crippen LogP contribution < -0.4 is 11.3 Å². The number of hydrogen-bond acceptors (Lipinski definition) is 3. The molecule has 0 amide bonds. The molecule has 0 fully saturated rings. The molecule has 0 aliphatic heterocycles. The van der Waals surface area contributed by atoms with Gasteiger partial charge in [0.15, 0.2) is 0 Å². The van der Waals surface area contributed by atoms with Crippen molar-refractivity contribution in [3.05, 3.63) is 32.7 Å². The van der Waals surface area contributed by atoms with Crippen LogP contribution >= 0.6 is 31.9 Å². The second kappa shape index (κ2) is 7.01. The van der Waals surface area contributed by atoms with Crippen molar-refractivity contribution in [1.82, 2.24) is 5.43 Å². The molecule has 3 N–H and O–H groups in total. The number of hydrazine groups is 1. The number of nitrogens with one attached hydrogen (secondary N) is 1. The van der Waals surface area contributed by atoms with Crippen molar-refractivity contribution in [2.45, 2.75) is 38.3 Å². The molecule has 0 aliphatic carbocycles. The molecule has 1 unspecified atom stereocenters. The largest absolute Gasteiger partial charge is 0.379 e. The first-order chi connectivity index (χ1) is 8.39. The van der Waals surface area contributed by atoms with Gasteiger partial charge in [-0.1, -0.05) is 31.9 Å². The van der Waals surface area contributed by atoms with E-state index in [0.29, 0.717) is 0 Å². The Morgan fingerprint density at radius 1 is 1.39 bits per heavy atom.